The molecule has 0 bridgehead atoms. The van der Waals surface area contributed by atoms with Crippen molar-refractivity contribution in [3.05, 3.63) is 35.4 Å². The van der Waals surface area contributed by atoms with Crippen molar-refractivity contribution in [3.63, 3.8) is 0 Å². The van der Waals surface area contributed by atoms with E-state index < -0.39 is 9.84 Å². The Morgan fingerprint density at radius 1 is 1.37 bits per heavy atom. The van der Waals surface area contributed by atoms with Crippen molar-refractivity contribution in [1.29, 1.82) is 0 Å². The standard InChI is InChI=1S/C15H21NO2S/c1-15(7-8-19(17,18)11-15)16-10-12-3-2-4-14(9-12)13-5-6-13/h2-4,9,13,16H,5-8,10-11H2,1H3. The molecule has 1 unspecified atom stereocenters. The minimum Gasteiger partial charge on any atom is -0.306 e. The molecule has 1 saturated heterocycles. The molecule has 1 N–H and O–H groups in total. The largest absolute Gasteiger partial charge is 0.306 e. The average molecular weight is 279 g/mol. The van der Waals surface area contributed by atoms with Gasteiger partial charge >= 0.3 is 0 Å². The molecule has 0 aromatic heterocycles. The predicted octanol–water partition coefficient (Wildman–Crippen LogP) is 2.23. The lowest BCUT2D eigenvalue weighted by Gasteiger charge is -2.24. The van der Waals surface area contributed by atoms with E-state index in [1.54, 1.807) is 0 Å². The Balaban J connectivity index is 1.64. The first-order valence-electron chi connectivity index (χ1n) is 7.00. The van der Waals surface area contributed by atoms with Gasteiger partial charge in [0.2, 0.25) is 0 Å². The average Bonchev–Trinajstić information content (AvgIpc) is 3.15. The lowest BCUT2D eigenvalue weighted by Crippen LogP contribution is -2.42. The first-order valence-corrected chi connectivity index (χ1v) is 8.82. The second-order valence-electron chi connectivity index (χ2n) is 6.28. The molecular formula is C15H21NO2S. The Hall–Kier alpha value is -0.870. The molecule has 0 amide bonds. The van der Waals surface area contributed by atoms with Crippen LogP contribution in [-0.2, 0) is 16.4 Å². The van der Waals surface area contributed by atoms with Crippen molar-refractivity contribution in [2.45, 2.75) is 44.2 Å². The Kier molecular flexibility index (Phi) is 3.18. The van der Waals surface area contributed by atoms with Crippen molar-refractivity contribution in [2.24, 2.45) is 0 Å². The van der Waals surface area contributed by atoms with Crippen LogP contribution in [0.3, 0.4) is 0 Å². The van der Waals surface area contributed by atoms with Gasteiger partial charge in [0.15, 0.2) is 9.84 Å². The highest BCUT2D eigenvalue weighted by molar-refractivity contribution is 7.91. The number of nitrogens with one attached hydrogen (secondary N) is 1. The molecule has 3 nitrogen and oxygen atoms in total. The Bertz CT molecular complexity index is 578. The Morgan fingerprint density at radius 2 is 2.16 bits per heavy atom. The molecule has 1 aliphatic heterocycles. The molecule has 1 heterocycles. The fraction of sp³-hybridized carbons (Fsp3) is 0.600. The summed E-state index contributed by atoms with van der Waals surface area (Å²) in [5.74, 6) is 1.35. The molecule has 2 aliphatic rings. The zero-order valence-electron chi connectivity index (χ0n) is 11.4. The molecule has 1 aliphatic carbocycles. The highest BCUT2D eigenvalue weighted by Gasteiger charge is 2.37. The van der Waals surface area contributed by atoms with Crippen LogP contribution in [0.2, 0.25) is 0 Å². The number of benzene rings is 1. The minimum atomic E-state index is -2.83. The molecule has 104 valence electrons. The maximum atomic E-state index is 11.6. The van der Waals surface area contributed by atoms with Gasteiger partial charge in [0, 0.05) is 12.1 Å². The topological polar surface area (TPSA) is 46.2 Å². The van der Waals surface area contributed by atoms with Crippen LogP contribution in [0.25, 0.3) is 0 Å². The van der Waals surface area contributed by atoms with Crippen LogP contribution in [0.1, 0.15) is 43.2 Å². The monoisotopic (exact) mass is 279 g/mol. The lowest BCUT2D eigenvalue weighted by molar-refractivity contribution is 0.395. The SMILES string of the molecule is CC1(NCc2cccc(C3CC3)c2)CCS(=O)(=O)C1. The molecular weight excluding hydrogens is 258 g/mol. The highest BCUT2D eigenvalue weighted by Crippen LogP contribution is 2.40. The number of hydrogen-bond acceptors (Lipinski definition) is 3. The van der Waals surface area contributed by atoms with Gasteiger partial charge < -0.3 is 5.32 Å². The molecule has 1 aromatic rings. The summed E-state index contributed by atoms with van der Waals surface area (Å²) < 4.78 is 23.1. The molecule has 3 rings (SSSR count). The quantitative estimate of drug-likeness (QED) is 0.919. The van der Waals surface area contributed by atoms with E-state index in [2.05, 4.69) is 29.6 Å². The second-order valence-corrected chi connectivity index (χ2v) is 8.46. The smallest absolute Gasteiger partial charge is 0.152 e. The summed E-state index contributed by atoms with van der Waals surface area (Å²) in [6.45, 7) is 2.77. The molecule has 19 heavy (non-hydrogen) atoms. The first kappa shape index (κ1) is 13.1. The van der Waals surface area contributed by atoms with Crippen LogP contribution in [0.15, 0.2) is 24.3 Å². The van der Waals surface area contributed by atoms with Gasteiger partial charge in [-0.25, -0.2) is 8.42 Å². The number of hydrogen-bond donors (Lipinski definition) is 1. The molecule has 0 spiro atoms. The normalized spacial score (nSPS) is 29.5. The van der Waals surface area contributed by atoms with Gasteiger partial charge in [-0.2, -0.15) is 0 Å². The number of rotatable bonds is 4. The maximum Gasteiger partial charge on any atom is 0.152 e. The maximum absolute atomic E-state index is 11.6. The Morgan fingerprint density at radius 3 is 2.79 bits per heavy atom. The summed E-state index contributed by atoms with van der Waals surface area (Å²) in [5.41, 5.74) is 2.44. The van der Waals surface area contributed by atoms with Crippen LogP contribution in [0.5, 0.6) is 0 Å². The van der Waals surface area contributed by atoms with Crippen molar-refractivity contribution in [3.8, 4) is 0 Å². The van der Waals surface area contributed by atoms with E-state index in [9.17, 15) is 8.42 Å². The van der Waals surface area contributed by atoms with Gasteiger partial charge in [-0.3, -0.25) is 0 Å². The molecule has 1 saturated carbocycles. The van der Waals surface area contributed by atoms with Crippen LogP contribution in [0.4, 0.5) is 0 Å². The van der Waals surface area contributed by atoms with E-state index in [0.29, 0.717) is 5.75 Å². The highest BCUT2D eigenvalue weighted by atomic mass is 32.2. The van der Waals surface area contributed by atoms with Crippen LogP contribution in [-0.4, -0.2) is 25.5 Å². The van der Waals surface area contributed by atoms with Crippen molar-refractivity contribution in [1.82, 2.24) is 5.32 Å². The van der Waals surface area contributed by atoms with Crippen LogP contribution >= 0.6 is 0 Å². The minimum absolute atomic E-state index is 0.256. The molecule has 2 fully saturated rings. The number of sulfone groups is 1. The first-order chi connectivity index (χ1) is 8.96. The van der Waals surface area contributed by atoms with E-state index in [1.165, 1.54) is 24.0 Å². The van der Waals surface area contributed by atoms with E-state index >= 15 is 0 Å². The van der Waals surface area contributed by atoms with Crippen molar-refractivity contribution >= 4 is 9.84 Å². The summed E-state index contributed by atoms with van der Waals surface area (Å²) in [5, 5.41) is 3.44. The fourth-order valence-electron chi connectivity index (χ4n) is 2.84. The van der Waals surface area contributed by atoms with Gasteiger partial charge in [0.05, 0.1) is 11.5 Å². The molecule has 1 aromatic carbocycles. The zero-order valence-corrected chi connectivity index (χ0v) is 12.2. The van der Waals surface area contributed by atoms with Gasteiger partial charge in [-0.1, -0.05) is 24.3 Å². The third-order valence-corrected chi connectivity index (χ3v) is 6.13. The van der Waals surface area contributed by atoms with Gasteiger partial charge in [0.25, 0.3) is 0 Å². The lowest BCUT2D eigenvalue weighted by atomic mass is 10.0. The third kappa shape index (κ3) is 3.18. The summed E-state index contributed by atoms with van der Waals surface area (Å²) in [6.07, 6.45) is 3.34. The summed E-state index contributed by atoms with van der Waals surface area (Å²) in [4.78, 5) is 0. The van der Waals surface area contributed by atoms with E-state index in [0.717, 1.165) is 18.9 Å². The molecule has 1 atom stereocenters. The van der Waals surface area contributed by atoms with Crippen molar-refractivity contribution in [2.75, 3.05) is 11.5 Å². The second kappa shape index (κ2) is 4.60. The van der Waals surface area contributed by atoms with E-state index in [4.69, 9.17) is 0 Å². The Labute approximate surface area is 115 Å². The van der Waals surface area contributed by atoms with Gasteiger partial charge in [-0.15, -0.1) is 0 Å². The predicted molar refractivity (Wildman–Crippen MR) is 76.9 cm³/mol. The summed E-state index contributed by atoms with van der Waals surface area (Å²) in [6, 6.07) is 8.68. The molecule has 0 radical (unpaired) electrons. The summed E-state index contributed by atoms with van der Waals surface area (Å²) >= 11 is 0. The van der Waals surface area contributed by atoms with Crippen molar-refractivity contribution < 1.29 is 8.42 Å². The van der Waals surface area contributed by atoms with E-state index in [-0.39, 0.29) is 11.3 Å². The van der Waals surface area contributed by atoms with Crippen LogP contribution < -0.4 is 5.32 Å². The van der Waals surface area contributed by atoms with Crippen LogP contribution in [0, 0.1) is 0 Å². The molecule has 4 heteroatoms. The van der Waals surface area contributed by atoms with Gasteiger partial charge in [0.1, 0.15) is 0 Å². The third-order valence-electron chi connectivity index (χ3n) is 4.22. The fourth-order valence-corrected chi connectivity index (χ4v) is 4.96. The zero-order chi connectivity index (χ0) is 13.5. The van der Waals surface area contributed by atoms with E-state index in [1.807, 2.05) is 6.92 Å². The summed E-state index contributed by atoms with van der Waals surface area (Å²) in [7, 11) is -2.83. The van der Waals surface area contributed by atoms with Gasteiger partial charge in [-0.05, 0) is 43.2 Å².